The van der Waals surface area contributed by atoms with Gasteiger partial charge >= 0.3 is 0 Å². The standard InChI is InChI=1S/C24H27N3S.C2H6/c1-14-12-15(2)22(16(3)13-14)27-11-10-25-23(27)20-18(24(5,6)7)8-9-19-21(20)26-17(4)28-19;1-2/h8-13H,1-7H3;1-2H3. The van der Waals surface area contributed by atoms with Crippen LogP contribution in [-0.4, -0.2) is 14.5 Å². The van der Waals surface area contributed by atoms with Crippen LogP contribution in [0.2, 0.25) is 0 Å². The number of rotatable bonds is 2. The van der Waals surface area contributed by atoms with Gasteiger partial charge < -0.3 is 0 Å². The molecule has 0 radical (unpaired) electrons. The van der Waals surface area contributed by atoms with Gasteiger partial charge in [-0.1, -0.05) is 58.4 Å². The third-order valence-corrected chi connectivity index (χ3v) is 6.15. The number of hydrogen-bond acceptors (Lipinski definition) is 3. The molecule has 4 aromatic rings. The van der Waals surface area contributed by atoms with E-state index in [4.69, 9.17) is 9.97 Å². The molecule has 0 spiro atoms. The number of imidazole rings is 1. The van der Waals surface area contributed by atoms with Crippen LogP contribution < -0.4 is 0 Å². The lowest BCUT2D eigenvalue weighted by Gasteiger charge is -2.24. The largest absolute Gasteiger partial charge is 0.299 e. The zero-order valence-electron chi connectivity index (χ0n) is 19.7. The summed E-state index contributed by atoms with van der Waals surface area (Å²) in [5.74, 6) is 0.968. The van der Waals surface area contributed by atoms with Gasteiger partial charge in [0.15, 0.2) is 0 Å². The highest BCUT2D eigenvalue weighted by Crippen LogP contribution is 2.40. The van der Waals surface area contributed by atoms with Crippen LogP contribution in [0.1, 0.15) is 61.9 Å². The molecule has 0 fully saturated rings. The summed E-state index contributed by atoms with van der Waals surface area (Å²) in [7, 11) is 0. The molecule has 0 aliphatic carbocycles. The minimum atomic E-state index is -0.00477. The number of hydrogen-bond donors (Lipinski definition) is 0. The zero-order chi connectivity index (χ0) is 22.2. The number of aromatic nitrogens is 3. The van der Waals surface area contributed by atoms with E-state index in [2.05, 4.69) is 83.5 Å². The van der Waals surface area contributed by atoms with Gasteiger partial charge in [-0.15, -0.1) is 11.3 Å². The maximum absolute atomic E-state index is 4.90. The molecule has 0 unspecified atom stereocenters. The second kappa shape index (κ2) is 8.35. The molecule has 30 heavy (non-hydrogen) atoms. The van der Waals surface area contributed by atoms with Crippen LogP contribution in [0.15, 0.2) is 36.7 Å². The van der Waals surface area contributed by atoms with Gasteiger partial charge in [-0.3, -0.25) is 4.57 Å². The first-order valence-electron chi connectivity index (χ1n) is 10.7. The highest BCUT2D eigenvalue weighted by molar-refractivity contribution is 7.18. The van der Waals surface area contributed by atoms with E-state index in [1.807, 2.05) is 20.0 Å². The monoisotopic (exact) mass is 419 g/mol. The Hall–Kier alpha value is -2.46. The van der Waals surface area contributed by atoms with Gasteiger partial charge in [0, 0.05) is 18.0 Å². The third kappa shape index (κ3) is 3.93. The van der Waals surface area contributed by atoms with Crippen LogP contribution in [-0.2, 0) is 5.41 Å². The van der Waals surface area contributed by atoms with E-state index < -0.39 is 0 Å². The van der Waals surface area contributed by atoms with Gasteiger partial charge in [0.05, 0.1) is 20.9 Å². The minimum Gasteiger partial charge on any atom is -0.299 e. The Labute approximate surface area is 184 Å². The molecule has 4 rings (SSSR count). The molecular weight excluding hydrogens is 386 g/mol. The third-order valence-electron chi connectivity index (χ3n) is 5.22. The fraction of sp³-hybridized carbons (Fsp3) is 0.385. The van der Waals surface area contributed by atoms with Crippen LogP contribution >= 0.6 is 11.3 Å². The Kier molecular flexibility index (Phi) is 6.19. The smallest absolute Gasteiger partial charge is 0.147 e. The second-order valence-electron chi connectivity index (χ2n) is 8.69. The molecule has 2 aromatic heterocycles. The van der Waals surface area contributed by atoms with E-state index in [0.29, 0.717) is 0 Å². The van der Waals surface area contributed by atoms with Crippen molar-refractivity contribution in [1.82, 2.24) is 14.5 Å². The minimum absolute atomic E-state index is 0.00477. The summed E-state index contributed by atoms with van der Waals surface area (Å²) < 4.78 is 3.45. The van der Waals surface area contributed by atoms with E-state index in [0.717, 1.165) is 21.9 Å². The van der Waals surface area contributed by atoms with Crippen LogP contribution in [0.25, 0.3) is 27.3 Å². The first-order valence-corrected chi connectivity index (χ1v) is 11.5. The Morgan fingerprint density at radius 1 is 0.933 bits per heavy atom. The van der Waals surface area contributed by atoms with Crippen LogP contribution in [0.4, 0.5) is 0 Å². The van der Waals surface area contributed by atoms with Gasteiger partial charge in [-0.05, 0) is 55.9 Å². The van der Waals surface area contributed by atoms with E-state index in [1.54, 1.807) is 11.3 Å². The summed E-state index contributed by atoms with van der Waals surface area (Å²) in [6.07, 6.45) is 3.98. The van der Waals surface area contributed by atoms with Gasteiger partial charge in [-0.2, -0.15) is 0 Å². The molecule has 0 aliphatic rings. The molecule has 0 aliphatic heterocycles. The number of fused-ring (bicyclic) bond motifs is 1. The van der Waals surface area contributed by atoms with E-state index in [-0.39, 0.29) is 5.41 Å². The van der Waals surface area contributed by atoms with Gasteiger partial charge in [-0.25, -0.2) is 9.97 Å². The predicted octanol–water partition coefficient (Wildman–Crippen LogP) is 7.71. The summed E-state index contributed by atoms with van der Waals surface area (Å²) in [6.45, 7) is 19.3. The Morgan fingerprint density at radius 2 is 1.57 bits per heavy atom. The highest BCUT2D eigenvalue weighted by atomic mass is 32.1. The summed E-state index contributed by atoms with van der Waals surface area (Å²) in [6, 6.07) is 8.94. The average Bonchev–Trinajstić information content (AvgIpc) is 3.26. The van der Waals surface area contributed by atoms with Crippen molar-refractivity contribution in [1.29, 1.82) is 0 Å². The topological polar surface area (TPSA) is 30.7 Å². The van der Waals surface area contributed by atoms with Crippen molar-refractivity contribution >= 4 is 21.6 Å². The van der Waals surface area contributed by atoms with Crippen molar-refractivity contribution in [2.45, 2.75) is 67.7 Å². The first kappa shape index (κ1) is 22.2. The molecule has 0 atom stereocenters. The molecule has 4 heteroatoms. The molecule has 0 saturated heterocycles. The molecule has 0 amide bonds. The van der Waals surface area contributed by atoms with Crippen molar-refractivity contribution in [3.05, 3.63) is 63.9 Å². The highest BCUT2D eigenvalue weighted by Gasteiger charge is 2.25. The predicted molar refractivity (Wildman–Crippen MR) is 131 cm³/mol. The van der Waals surface area contributed by atoms with Crippen molar-refractivity contribution < 1.29 is 0 Å². The number of benzene rings is 2. The molecular formula is C26H33N3S. The second-order valence-corrected chi connectivity index (χ2v) is 9.92. The zero-order valence-corrected chi connectivity index (χ0v) is 20.5. The van der Waals surface area contributed by atoms with Crippen molar-refractivity contribution in [3.8, 4) is 17.1 Å². The maximum Gasteiger partial charge on any atom is 0.147 e. The molecule has 2 heterocycles. The molecule has 2 aromatic carbocycles. The Bertz CT molecular complexity index is 1170. The lowest BCUT2D eigenvalue weighted by Crippen LogP contribution is -2.14. The summed E-state index contributed by atoms with van der Waals surface area (Å²) in [4.78, 5) is 9.73. The van der Waals surface area contributed by atoms with Crippen LogP contribution in [0, 0.1) is 27.7 Å². The average molecular weight is 420 g/mol. The Morgan fingerprint density at radius 3 is 2.17 bits per heavy atom. The van der Waals surface area contributed by atoms with Crippen molar-refractivity contribution in [2.24, 2.45) is 0 Å². The molecule has 3 nitrogen and oxygen atoms in total. The lowest BCUT2D eigenvalue weighted by atomic mass is 9.83. The lowest BCUT2D eigenvalue weighted by molar-refractivity contribution is 0.592. The van der Waals surface area contributed by atoms with Crippen LogP contribution in [0.3, 0.4) is 0 Å². The molecule has 0 bridgehead atoms. The quantitative estimate of drug-likeness (QED) is 0.333. The van der Waals surface area contributed by atoms with E-state index in [9.17, 15) is 0 Å². The van der Waals surface area contributed by atoms with Crippen molar-refractivity contribution in [3.63, 3.8) is 0 Å². The summed E-state index contributed by atoms with van der Waals surface area (Å²) in [5, 5.41) is 1.09. The first-order chi connectivity index (χ1) is 14.2. The number of thiazole rings is 1. The fourth-order valence-corrected chi connectivity index (χ4v) is 5.01. The van der Waals surface area contributed by atoms with E-state index in [1.165, 1.54) is 32.6 Å². The maximum atomic E-state index is 4.90. The molecule has 0 N–H and O–H groups in total. The normalized spacial score (nSPS) is 11.5. The van der Waals surface area contributed by atoms with Gasteiger partial charge in [0.2, 0.25) is 0 Å². The SMILES string of the molecule is CC.Cc1cc(C)c(-n2ccnc2-c2c(C(C)(C)C)ccc3sc(C)nc23)c(C)c1. The number of aryl methyl sites for hydroxylation is 4. The van der Waals surface area contributed by atoms with E-state index >= 15 is 0 Å². The van der Waals surface area contributed by atoms with Gasteiger partial charge in [0.25, 0.3) is 0 Å². The summed E-state index contributed by atoms with van der Waals surface area (Å²) in [5.41, 5.74) is 8.50. The summed E-state index contributed by atoms with van der Waals surface area (Å²) >= 11 is 1.74. The van der Waals surface area contributed by atoms with Crippen LogP contribution in [0.5, 0.6) is 0 Å². The Balaban J connectivity index is 0.00000124. The fourth-order valence-electron chi connectivity index (χ4n) is 4.18. The molecule has 0 saturated carbocycles. The number of nitrogens with zero attached hydrogens (tertiary/aromatic N) is 3. The van der Waals surface area contributed by atoms with Crippen molar-refractivity contribution in [2.75, 3.05) is 0 Å². The molecule has 158 valence electrons. The van der Waals surface area contributed by atoms with Gasteiger partial charge in [0.1, 0.15) is 5.82 Å².